The van der Waals surface area contributed by atoms with Crippen LogP contribution in [0.2, 0.25) is 0 Å². The number of aliphatic hydroxyl groups is 1. The number of anilines is 1. The first-order valence-electron chi connectivity index (χ1n) is 14.0. The van der Waals surface area contributed by atoms with Gasteiger partial charge in [-0.2, -0.15) is 9.50 Å². The van der Waals surface area contributed by atoms with Crippen molar-refractivity contribution in [1.82, 2.24) is 19.6 Å². The summed E-state index contributed by atoms with van der Waals surface area (Å²) in [7, 11) is 1.31. The van der Waals surface area contributed by atoms with Crippen LogP contribution >= 0.6 is 0 Å². The summed E-state index contributed by atoms with van der Waals surface area (Å²) in [6, 6.07) is 8.24. The number of benzene rings is 1. The molecule has 222 valence electrons. The molecule has 2 aromatic heterocycles. The van der Waals surface area contributed by atoms with E-state index >= 15 is 0 Å². The van der Waals surface area contributed by atoms with Gasteiger partial charge in [0.1, 0.15) is 5.82 Å². The number of carbonyl (C=O) groups is 1. The SMILES string of the molecule is C=C/C=C(\C=C)c1cccc(-c2nc3nc(C)c(CC)c(N4CCC(C)(C)CC4)n3n2)c1.CC(C)(C)O.COC=O. The molecule has 1 aromatic carbocycles. The van der Waals surface area contributed by atoms with Crippen LogP contribution in [0.25, 0.3) is 22.7 Å². The van der Waals surface area contributed by atoms with Crippen LogP contribution in [0.1, 0.15) is 71.2 Å². The van der Waals surface area contributed by atoms with Crippen LogP contribution < -0.4 is 4.90 Å². The molecule has 0 atom stereocenters. The van der Waals surface area contributed by atoms with Crippen molar-refractivity contribution < 1.29 is 14.6 Å². The van der Waals surface area contributed by atoms with E-state index < -0.39 is 5.60 Å². The number of aromatic nitrogens is 4. The van der Waals surface area contributed by atoms with Crippen LogP contribution in [0.5, 0.6) is 0 Å². The number of allylic oxidation sites excluding steroid dienone is 4. The number of rotatable bonds is 7. The fraction of sp³-hybridized carbons (Fsp3) is 0.455. The average molecular weight is 562 g/mol. The molecule has 1 aliphatic heterocycles. The van der Waals surface area contributed by atoms with Gasteiger partial charge in [0, 0.05) is 29.9 Å². The Labute approximate surface area is 245 Å². The van der Waals surface area contributed by atoms with Crippen molar-refractivity contribution in [3.63, 3.8) is 0 Å². The highest BCUT2D eigenvalue weighted by Crippen LogP contribution is 2.34. The molecule has 8 heteroatoms. The fourth-order valence-electron chi connectivity index (χ4n) is 4.46. The number of methoxy groups -OCH3 is 1. The molecule has 1 N–H and O–H groups in total. The topological polar surface area (TPSA) is 92.9 Å². The maximum atomic E-state index is 8.95. The molecular weight excluding hydrogens is 514 g/mol. The number of ether oxygens (including phenoxy) is 1. The van der Waals surface area contributed by atoms with Gasteiger partial charge in [0.25, 0.3) is 12.2 Å². The van der Waals surface area contributed by atoms with E-state index in [0.717, 1.165) is 47.7 Å². The number of aryl methyl sites for hydroxylation is 1. The molecule has 0 saturated carbocycles. The molecular formula is C33H47N5O3. The second kappa shape index (κ2) is 14.7. The Hall–Kier alpha value is -3.78. The highest BCUT2D eigenvalue weighted by atomic mass is 16.5. The zero-order chi connectivity index (χ0) is 30.8. The van der Waals surface area contributed by atoms with Gasteiger partial charge in [0.2, 0.25) is 0 Å². The molecule has 4 rings (SSSR count). The van der Waals surface area contributed by atoms with Crippen LogP contribution in [-0.4, -0.2) is 57.0 Å². The summed E-state index contributed by atoms with van der Waals surface area (Å²) in [6.07, 6.45) is 8.83. The van der Waals surface area contributed by atoms with E-state index in [2.05, 4.69) is 62.6 Å². The van der Waals surface area contributed by atoms with Gasteiger partial charge in [-0.3, -0.25) is 4.79 Å². The van der Waals surface area contributed by atoms with Crippen molar-refractivity contribution in [3.05, 3.63) is 72.5 Å². The monoisotopic (exact) mass is 561 g/mol. The van der Waals surface area contributed by atoms with Gasteiger partial charge in [0.05, 0.1) is 12.7 Å². The molecule has 3 aromatic rings. The van der Waals surface area contributed by atoms with Crippen LogP contribution in [0, 0.1) is 12.3 Å². The minimum absolute atomic E-state index is 0.375. The summed E-state index contributed by atoms with van der Waals surface area (Å²) in [5.41, 5.74) is 5.23. The summed E-state index contributed by atoms with van der Waals surface area (Å²) in [6.45, 7) is 24.4. The Morgan fingerprint density at radius 3 is 2.29 bits per heavy atom. The summed E-state index contributed by atoms with van der Waals surface area (Å²) < 4.78 is 5.82. The van der Waals surface area contributed by atoms with Gasteiger partial charge >= 0.3 is 0 Å². The molecule has 3 heterocycles. The van der Waals surface area contributed by atoms with Crippen LogP contribution in [-0.2, 0) is 16.0 Å². The molecule has 0 spiro atoms. The number of hydrogen-bond donors (Lipinski definition) is 1. The molecule has 0 aliphatic carbocycles. The molecule has 41 heavy (non-hydrogen) atoms. The molecule has 1 fully saturated rings. The summed E-state index contributed by atoms with van der Waals surface area (Å²) in [5.74, 6) is 2.50. The number of piperidine rings is 1. The van der Waals surface area contributed by atoms with Crippen LogP contribution in [0.15, 0.2) is 55.7 Å². The van der Waals surface area contributed by atoms with E-state index in [0.29, 0.717) is 23.5 Å². The molecule has 0 bridgehead atoms. The predicted molar refractivity (Wildman–Crippen MR) is 169 cm³/mol. The van der Waals surface area contributed by atoms with Crippen molar-refractivity contribution in [3.8, 4) is 11.4 Å². The first-order chi connectivity index (χ1) is 19.3. The molecule has 0 amide bonds. The van der Waals surface area contributed by atoms with Gasteiger partial charge in [0.15, 0.2) is 5.82 Å². The van der Waals surface area contributed by atoms with Gasteiger partial charge in [-0.25, -0.2) is 4.98 Å². The van der Waals surface area contributed by atoms with Gasteiger partial charge < -0.3 is 14.7 Å². The Balaban J connectivity index is 0.000000571. The standard InChI is InChI=1S/C27H33N5.C4H10O.C2H4O2/c1-7-11-20(8-2)21-12-10-13-22(18-21)24-29-26-28-19(4)23(9-3)25(32(26)30-24)31-16-14-27(5,6)15-17-31;1-4(2,3)5;1-4-2-3/h7-8,10-13,18H,1-2,9,14-17H2,3-6H3;5H,1-3H3;2H,1H3/b20-11+;;. The highest BCUT2D eigenvalue weighted by Gasteiger charge is 2.29. The van der Waals surface area contributed by atoms with Crippen molar-refractivity contribution in [1.29, 1.82) is 0 Å². The maximum absolute atomic E-state index is 8.95. The lowest BCUT2D eigenvalue weighted by Crippen LogP contribution is -2.39. The lowest BCUT2D eigenvalue weighted by Gasteiger charge is -2.38. The minimum atomic E-state index is -0.500. The van der Waals surface area contributed by atoms with E-state index in [-0.39, 0.29) is 0 Å². The zero-order valence-corrected chi connectivity index (χ0v) is 26.1. The van der Waals surface area contributed by atoms with E-state index in [1.165, 1.54) is 25.5 Å². The second-order valence-electron chi connectivity index (χ2n) is 11.8. The summed E-state index contributed by atoms with van der Waals surface area (Å²) >= 11 is 0. The lowest BCUT2D eigenvalue weighted by molar-refractivity contribution is -0.126. The Bertz CT molecular complexity index is 1350. The summed E-state index contributed by atoms with van der Waals surface area (Å²) in [5, 5.41) is 13.5. The minimum Gasteiger partial charge on any atom is -0.471 e. The molecule has 1 aliphatic rings. The Morgan fingerprint density at radius 2 is 1.78 bits per heavy atom. The fourth-order valence-corrected chi connectivity index (χ4v) is 4.46. The molecule has 0 unspecified atom stereocenters. The third-order valence-electron chi connectivity index (χ3n) is 6.60. The number of carbonyl (C=O) groups excluding carboxylic acids is 1. The van der Waals surface area contributed by atoms with Crippen LogP contribution in [0.3, 0.4) is 0 Å². The number of nitrogens with zero attached hydrogens (tertiary/aromatic N) is 5. The van der Waals surface area contributed by atoms with E-state index in [1.807, 2.05) is 28.8 Å². The van der Waals surface area contributed by atoms with Crippen molar-refractivity contribution in [2.45, 2.75) is 73.3 Å². The Kier molecular flexibility index (Phi) is 12.0. The summed E-state index contributed by atoms with van der Waals surface area (Å²) in [4.78, 5) is 21.1. The van der Waals surface area contributed by atoms with Crippen molar-refractivity contribution >= 4 is 23.6 Å². The van der Waals surface area contributed by atoms with Gasteiger partial charge in [-0.05, 0) is 69.6 Å². The second-order valence-corrected chi connectivity index (χ2v) is 11.8. The lowest BCUT2D eigenvalue weighted by atomic mass is 9.82. The smallest absolute Gasteiger partial charge is 0.292 e. The van der Waals surface area contributed by atoms with E-state index in [9.17, 15) is 0 Å². The highest BCUT2D eigenvalue weighted by molar-refractivity contribution is 5.77. The first-order valence-corrected chi connectivity index (χ1v) is 14.0. The van der Waals surface area contributed by atoms with Crippen molar-refractivity contribution in [2.75, 3.05) is 25.1 Å². The molecule has 1 saturated heterocycles. The van der Waals surface area contributed by atoms with Gasteiger partial charge in [-0.15, -0.1) is 5.10 Å². The van der Waals surface area contributed by atoms with Crippen LogP contribution in [0.4, 0.5) is 5.82 Å². The zero-order valence-electron chi connectivity index (χ0n) is 26.1. The Morgan fingerprint density at radius 1 is 1.17 bits per heavy atom. The maximum Gasteiger partial charge on any atom is 0.292 e. The third-order valence-corrected chi connectivity index (χ3v) is 6.60. The predicted octanol–water partition coefficient (Wildman–Crippen LogP) is 6.61. The van der Waals surface area contributed by atoms with E-state index in [4.69, 9.17) is 25.0 Å². The normalized spacial score (nSPS) is 14.8. The third kappa shape index (κ3) is 9.67. The van der Waals surface area contributed by atoms with Crippen molar-refractivity contribution in [2.24, 2.45) is 5.41 Å². The average Bonchev–Trinajstić information content (AvgIpc) is 3.34. The largest absolute Gasteiger partial charge is 0.471 e. The molecule has 8 nitrogen and oxygen atoms in total. The van der Waals surface area contributed by atoms with E-state index in [1.54, 1.807) is 26.8 Å². The number of hydrogen-bond acceptors (Lipinski definition) is 7. The van der Waals surface area contributed by atoms with Gasteiger partial charge in [-0.1, -0.05) is 70.4 Å². The quantitative estimate of drug-likeness (QED) is 0.256. The first kappa shape index (κ1) is 33.4. The number of fused-ring (bicyclic) bond motifs is 1. The molecule has 0 radical (unpaired) electrons.